The van der Waals surface area contributed by atoms with Crippen LogP contribution < -0.4 is 4.74 Å². The van der Waals surface area contributed by atoms with E-state index in [1.54, 1.807) is 14.0 Å². The summed E-state index contributed by atoms with van der Waals surface area (Å²) in [5.41, 5.74) is 2.69. The van der Waals surface area contributed by atoms with Crippen LogP contribution in [0, 0.1) is 6.92 Å². The van der Waals surface area contributed by atoms with E-state index >= 15 is 0 Å². The van der Waals surface area contributed by atoms with E-state index in [4.69, 9.17) is 9.47 Å². The van der Waals surface area contributed by atoms with Crippen LogP contribution in [0.3, 0.4) is 0 Å². The molecule has 0 radical (unpaired) electrons. The maximum absolute atomic E-state index is 11.5. The molecule has 2 rings (SSSR count). The Morgan fingerprint density at radius 3 is 2.55 bits per heavy atom. The highest BCUT2D eigenvalue weighted by Gasteiger charge is 2.09. The lowest BCUT2D eigenvalue weighted by atomic mass is 10.1. The molecule has 0 saturated heterocycles. The number of ether oxygens (including phenoxy) is 2. The zero-order valence-corrected chi connectivity index (χ0v) is 13.1. The van der Waals surface area contributed by atoms with Gasteiger partial charge in [-0.2, -0.15) is 0 Å². The lowest BCUT2D eigenvalue weighted by molar-refractivity contribution is 0.0525. The molecule has 2 aromatic rings. The number of hydrogen-bond donors (Lipinski definition) is 0. The first-order valence-electron chi connectivity index (χ1n) is 7.25. The normalized spacial score (nSPS) is 10.3. The van der Waals surface area contributed by atoms with Crippen LogP contribution >= 0.6 is 0 Å². The van der Waals surface area contributed by atoms with Gasteiger partial charge in [0.25, 0.3) is 0 Å². The van der Waals surface area contributed by atoms with Crippen molar-refractivity contribution in [2.24, 2.45) is 0 Å². The molecule has 0 saturated carbocycles. The fraction of sp³-hybridized carbons (Fsp3) is 0.353. The summed E-state index contributed by atoms with van der Waals surface area (Å²) >= 11 is 0. The van der Waals surface area contributed by atoms with Crippen molar-refractivity contribution < 1.29 is 14.3 Å². The van der Waals surface area contributed by atoms with Crippen molar-refractivity contribution in [1.82, 2.24) is 9.97 Å². The van der Waals surface area contributed by atoms with E-state index in [0.29, 0.717) is 24.4 Å². The fourth-order valence-corrected chi connectivity index (χ4v) is 2.15. The van der Waals surface area contributed by atoms with Gasteiger partial charge in [0.1, 0.15) is 11.6 Å². The standard InChI is InChI=1S/C17H20N2O3/c1-4-22-17(20)14-10-18-16(19-11-14)8-6-13-9-12(2)5-7-15(13)21-3/h5,7,9-11H,4,6,8H2,1-3H3. The van der Waals surface area contributed by atoms with Crippen molar-refractivity contribution >= 4 is 5.97 Å². The van der Waals surface area contributed by atoms with Gasteiger partial charge in [0, 0.05) is 18.8 Å². The van der Waals surface area contributed by atoms with Crippen LogP contribution in [0.5, 0.6) is 5.75 Å². The number of nitrogens with zero attached hydrogens (tertiary/aromatic N) is 2. The van der Waals surface area contributed by atoms with Crippen molar-refractivity contribution in [3.05, 3.63) is 53.1 Å². The second-order valence-electron chi connectivity index (χ2n) is 4.92. The molecule has 0 N–H and O–H groups in total. The fourth-order valence-electron chi connectivity index (χ4n) is 2.15. The first-order valence-corrected chi connectivity index (χ1v) is 7.25. The second-order valence-corrected chi connectivity index (χ2v) is 4.92. The van der Waals surface area contributed by atoms with Crippen LogP contribution in [0.15, 0.2) is 30.6 Å². The molecule has 0 spiro atoms. The molecule has 0 aliphatic heterocycles. The predicted molar refractivity (Wildman–Crippen MR) is 83.1 cm³/mol. The van der Waals surface area contributed by atoms with E-state index in [0.717, 1.165) is 17.7 Å². The molecule has 0 fully saturated rings. The molecule has 1 aromatic heterocycles. The monoisotopic (exact) mass is 300 g/mol. The minimum Gasteiger partial charge on any atom is -0.496 e. The van der Waals surface area contributed by atoms with E-state index in [-0.39, 0.29) is 0 Å². The topological polar surface area (TPSA) is 61.3 Å². The summed E-state index contributed by atoms with van der Waals surface area (Å²) in [7, 11) is 1.67. The Bertz CT molecular complexity index is 639. The zero-order chi connectivity index (χ0) is 15.9. The number of methoxy groups -OCH3 is 1. The highest BCUT2D eigenvalue weighted by Crippen LogP contribution is 2.21. The van der Waals surface area contributed by atoms with Gasteiger partial charge >= 0.3 is 5.97 Å². The number of benzene rings is 1. The van der Waals surface area contributed by atoms with Gasteiger partial charge in [-0.05, 0) is 31.9 Å². The van der Waals surface area contributed by atoms with Crippen LogP contribution in [0.2, 0.25) is 0 Å². The Labute approximate surface area is 130 Å². The molecule has 0 atom stereocenters. The lowest BCUT2D eigenvalue weighted by Gasteiger charge is -2.09. The van der Waals surface area contributed by atoms with E-state index < -0.39 is 5.97 Å². The Kier molecular flexibility index (Phi) is 5.47. The van der Waals surface area contributed by atoms with Crippen LogP contribution in [0.4, 0.5) is 0 Å². The molecule has 0 aliphatic carbocycles. The summed E-state index contributed by atoms with van der Waals surface area (Å²) in [5.74, 6) is 1.17. The van der Waals surface area contributed by atoms with E-state index in [9.17, 15) is 4.79 Å². The maximum Gasteiger partial charge on any atom is 0.341 e. The largest absolute Gasteiger partial charge is 0.496 e. The minimum atomic E-state index is -0.394. The van der Waals surface area contributed by atoms with E-state index in [2.05, 4.69) is 16.0 Å². The number of hydrogen-bond acceptors (Lipinski definition) is 5. The summed E-state index contributed by atoms with van der Waals surface area (Å²) in [6.45, 7) is 4.16. The molecule has 0 unspecified atom stereocenters. The quantitative estimate of drug-likeness (QED) is 0.768. The van der Waals surface area contributed by atoms with Gasteiger partial charge in [0.15, 0.2) is 0 Å². The molecule has 1 heterocycles. The van der Waals surface area contributed by atoms with Gasteiger partial charge in [-0.3, -0.25) is 0 Å². The first kappa shape index (κ1) is 15.9. The Morgan fingerprint density at radius 2 is 1.91 bits per heavy atom. The third-order valence-corrected chi connectivity index (χ3v) is 3.27. The highest BCUT2D eigenvalue weighted by molar-refractivity contribution is 5.88. The maximum atomic E-state index is 11.5. The van der Waals surface area contributed by atoms with Gasteiger partial charge in [0.2, 0.25) is 0 Å². The summed E-state index contributed by atoms with van der Waals surface area (Å²) in [6.07, 6.45) is 4.48. The number of aromatic nitrogens is 2. The second kappa shape index (κ2) is 7.54. The molecule has 1 aromatic carbocycles. The summed E-state index contributed by atoms with van der Waals surface area (Å²) < 4.78 is 10.3. The molecule has 0 bridgehead atoms. The highest BCUT2D eigenvalue weighted by atomic mass is 16.5. The molecule has 5 heteroatoms. The molecular weight excluding hydrogens is 280 g/mol. The number of carbonyl (C=O) groups excluding carboxylic acids is 1. The summed E-state index contributed by atoms with van der Waals surface area (Å²) in [4.78, 5) is 20.0. The number of rotatable bonds is 6. The van der Waals surface area contributed by atoms with Crippen LogP contribution in [0.25, 0.3) is 0 Å². The Hall–Kier alpha value is -2.43. The molecule has 0 amide bonds. The predicted octanol–water partition coefficient (Wildman–Crippen LogP) is 2.76. The van der Waals surface area contributed by atoms with Crippen LogP contribution in [-0.4, -0.2) is 29.7 Å². The molecule has 22 heavy (non-hydrogen) atoms. The van der Waals surface area contributed by atoms with Gasteiger partial charge in [-0.15, -0.1) is 0 Å². The number of esters is 1. The van der Waals surface area contributed by atoms with Gasteiger partial charge in [0.05, 0.1) is 19.3 Å². The lowest BCUT2D eigenvalue weighted by Crippen LogP contribution is -2.07. The van der Waals surface area contributed by atoms with E-state index in [1.807, 2.05) is 19.1 Å². The van der Waals surface area contributed by atoms with Gasteiger partial charge < -0.3 is 9.47 Å². The van der Waals surface area contributed by atoms with Crippen molar-refractivity contribution in [3.8, 4) is 5.75 Å². The average molecular weight is 300 g/mol. The summed E-state index contributed by atoms with van der Waals surface area (Å²) in [5, 5.41) is 0. The Balaban J connectivity index is 2.03. The molecule has 0 aliphatic rings. The average Bonchev–Trinajstić information content (AvgIpc) is 2.54. The number of carbonyl (C=O) groups is 1. The molecule has 5 nitrogen and oxygen atoms in total. The van der Waals surface area contributed by atoms with Gasteiger partial charge in [-0.25, -0.2) is 14.8 Å². The van der Waals surface area contributed by atoms with Crippen molar-refractivity contribution in [3.63, 3.8) is 0 Å². The van der Waals surface area contributed by atoms with Crippen LogP contribution in [-0.2, 0) is 17.6 Å². The summed E-state index contributed by atoms with van der Waals surface area (Å²) in [6, 6.07) is 6.09. The van der Waals surface area contributed by atoms with Gasteiger partial charge in [-0.1, -0.05) is 17.7 Å². The molecular formula is C17H20N2O3. The van der Waals surface area contributed by atoms with Crippen molar-refractivity contribution in [2.45, 2.75) is 26.7 Å². The van der Waals surface area contributed by atoms with E-state index in [1.165, 1.54) is 18.0 Å². The zero-order valence-electron chi connectivity index (χ0n) is 13.1. The third-order valence-electron chi connectivity index (χ3n) is 3.27. The van der Waals surface area contributed by atoms with Crippen LogP contribution in [0.1, 0.15) is 34.2 Å². The van der Waals surface area contributed by atoms with Crippen molar-refractivity contribution in [2.75, 3.05) is 13.7 Å². The number of aryl methyl sites for hydroxylation is 3. The SMILES string of the molecule is CCOC(=O)c1cnc(CCc2cc(C)ccc2OC)nc1. The molecule has 116 valence electrons. The minimum absolute atomic E-state index is 0.341. The Morgan fingerprint density at radius 1 is 1.18 bits per heavy atom. The third kappa shape index (κ3) is 4.04. The van der Waals surface area contributed by atoms with Crippen molar-refractivity contribution in [1.29, 1.82) is 0 Å². The first-order chi connectivity index (χ1) is 10.6. The smallest absolute Gasteiger partial charge is 0.341 e.